The molecule has 0 atom stereocenters. The molecule has 4 saturated carbocycles. The van der Waals surface area contributed by atoms with Gasteiger partial charge >= 0.3 is 0 Å². The fraction of sp³-hybridized carbons (Fsp3) is 0.562. The molecule has 1 N–H and O–H groups in total. The average Bonchev–Trinajstić information content (AvgIpc) is 2.39. The van der Waals surface area contributed by atoms with E-state index in [2.05, 4.69) is 10.5 Å². The normalized spacial score (nSPS) is 34.4. The van der Waals surface area contributed by atoms with Crippen LogP contribution in [0.3, 0.4) is 0 Å². The van der Waals surface area contributed by atoms with Crippen LogP contribution >= 0.6 is 0 Å². The molecule has 0 unspecified atom stereocenters. The Bertz CT molecular complexity index is 538. The number of hydrogen-bond donors (Lipinski definition) is 1. The second-order valence-electron chi connectivity index (χ2n) is 6.58. The number of nitrogens with one attached hydrogen (secondary N) is 1. The van der Waals surface area contributed by atoms with Gasteiger partial charge in [0.15, 0.2) is 5.82 Å². The maximum Gasteiger partial charge on any atom is 0.151 e. The van der Waals surface area contributed by atoms with Crippen molar-refractivity contribution < 1.29 is 8.78 Å². The van der Waals surface area contributed by atoms with Crippen LogP contribution in [-0.2, 0) is 0 Å². The Kier molecular flexibility index (Phi) is 2.79. The topological polar surface area (TPSA) is 24.4 Å². The van der Waals surface area contributed by atoms with Crippen LogP contribution in [0.1, 0.15) is 32.1 Å². The second kappa shape index (κ2) is 4.54. The number of hydrazone groups is 1. The van der Waals surface area contributed by atoms with Gasteiger partial charge in [0.2, 0.25) is 0 Å². The summed E-state index contributed by atoms with van der Waals surface area (Å²) in [6.07, 6.45) is 6.40. The maximum absolute atomic E-state index is 13.6. The Morgan fingerprint density at radius 1 is 0.950 bits per heavy atom. The predicted molar refractivity (Wildman–Crippen MR) is 74.5 cm³/mol. The van der Waals surface area contributed by atoms with Gasteiger partial charge in [0.25, 0.3) is 0 Å². The van der Waals surface area contributed by atoms with Crippen molar-refractivity contribution in [3.63, 3.8) is 0 Å². The Morgan fingerprint density at radius 2 is 1.60 bits per heavy atom. The molecule has 4 fully saturated rings. The highest BCUT2D eigenvalue weighted by atomic mass is 19.1. The molecule has 0 aromatic heterocycles. The standard InChI is InChI=1S/C16H18F2N2/c17-13-1-2-15(14(18)8-13)19-20-16-11-4-9-3-10(6-11)7-12(16)5-9/h1-2,8-12,19H,3-7H2. The molecular formula is C16H18F2N2. The number of halogens is 2. The lowest BCUT2D eigenvalue weighted by Gasteiger charge is -2.50. The van der Waals surface area contributed by atoms with Crippen LogP contribution in [0.25, 0.3) is 0 Å². The number of rotatable bonds is 2. The van der Waals surface area contributed by atoms with E-state index >= 15 is 0 Å². The summed E-state index contributed by atoms with van der Waals surface area (Å²) in [5.41, 5.74) is 4.29. The first-order chi connectivity index (χ1) is 9.69. The molecule has 106 valence electrons. The summed E-state index contributed by atoms with van der Waals surface area (Å²) < 4.78 is 26.5. The lowest BCUT2D eigenvalue weighted by atomic mass is 9.55. The minimum absolute atomic E-state index is 0.257. The molecule has 4 bridgehead atoms. The fourth-order valence-corrected chi connectivity index (χ4v) is 4.55. The second-order valence-corrected chi connectivity index (χ2v) is 6.58. The van der Waals surface area contributed by atoms with E-state index < -0.39 is 11.6 Å². The molecule has 0 spiro atoms. The number of nitrogens with zero attached hydrogens (tertiary/aromatic N) is 1. The molecule has 1 aromatic rings. The van der Waals surface area contributed by atoms with Gasteiger partial charge < -0.3 is 0 Å². The third kappa shape index (κ3) is 2.02. The predicted octanol–water partition coefficient (Wildman–Crippen LogP) is 4.19. The summed E-state index contributed by atoms with van der Waals surface area (Å²) in [6, 6.07) is 3.55. The van der Waals surface area contributed by atoms with Crippen LogP contribution in [0, 0.1) is 35.3 Å². The maximum atomic E-state index is 13.6. The Morgan fingerprint density at radius 3 is 2.20 bits per heavy atom. The van der Waals surface area contributed by atoms with Crippen molar-refractivity contribution in [2.75, 3.05) is 5.43 Å². The summed E-state index contributed by atoms with van der Waals surface area (Å²) >= 11 is 0. The van der Waals surface area contributed by atoms with Crippen LogP contribution in [-0.4, -0.2) is 5.71 Å². The Labute approximate surface area is 117 Å². The smallest absolute Gasteiger partial charge is 0.151 e. The van der Waals surface area contributed by atoms with Crippen LogP contribution in [0.4, 0.5) is 14.5 Å². The van der Waals surface area contributed by atoms with Gasteiger partial charge in [-0.3, -0.25) is 5.43 Å². The van der Waals surface area contributed by atoms with Crippen molar-refractivity contribution in [3.05, 3.63) is 29.8 Å². The zero-order valence-corrected chi connectivity index (χ0v) is 11.3. The first-order valence-corrected chi connectivity index (χ1v) is 7.47. The zero-order chi connectivity index (χ0) is 13.7. The quantitative estimate of drug-likeness (QED) is 0.805. The van der Waals surface area contributed by atoms with E-state index in [0.29, 0.717) is 11.8 Å². The van der Waals surface area contributed by atoms with E-state index in [1.54, 1.807) is 0 Å². The molecule has 0 radical (unpaired) electrons. The van der Waals surface area contributed by atoms with Gasteiger partial charge in [-0.25, -0.2) is 8.78 Å². The molecule has 4 heteroatoms. The molecule has 20 heavy (non-hydrogen) atoms. The van der Waals surface area contributed by atoms with Gasteiger partial charge in [0.05, 0.1) is 5.69 Å². The van der Waals surface area contributed by atoms with Gasteiger partial charge in [-0.05, 0) is 67.9 Å². The summed E-state index contributed by atoms with van der Waals surface area (Å²) in [7, 11) is 0. The first kappa shape index (κ1) is 12.3. The van der Waals surface area contributed by atoms with Gasteiger partial charge in [-0.2, -0.15) is 5.10 Å². The van der Waals surface area contributed by atoms with Crippen molar-refractivity contribution in [3.8, 4) is 0 Å². The number of benzene rings is 1. The van der Waals surface area contributed by atoms with E-state index in [4.69, 9.17) is 0 Å². The third-order valence-electron chi connectivity index (χ3n) is 5.21. The highest BCUT2D eigenvalue weighted by Crippen LogP contribution is 2.52. The summed E-state index contributed by atoms with van der Waals surface area (Å²) in [6.45, 7) is 0. The number of hydrogen-bond acceptors (Lipinski definition) is 2. The molecule has 4 aliphatic rings. The molecule has 0 saturated heterocycles. The molecule has 2 nitrogen and oxygen atoms in total. The molecule has 0 amide bonds. The largest absolute Gasteiger partial charge is 0.276 e. The molecule has 1 aromatic carbocycles. The highest BCUT2D eigenvalue weighted by molar-refractivity contribution is 5.91. The Hall–Kier alpha value is -1.45. The summed E-state index contributed by atoms with van der Waals surface area (Å²) in [5, 5.41) is 4.49. The minimum Gasteiger partial charge on any atom is -0.276 e. The van der Waals surface area contributed by atoms with Crippen molar-refractivity contribution in [1.29, 1.82) is 0 Å². The van der Waals surface area contributed by atoms with E-state index in [0.717, 1.165) is 17.9 Å². The first-order valence-electron chi connectivity index (χ1n) is 7.47. The van der Waals surface area contributed by atoms with Crippen molar-refractivity contribution in [2.45, 2.75) is 32.1 Å². The van der Waals surface area contributed by atoms with Crippen LogP contribution in [0.15, 0.2) is 23.3 Å². The van der Waals surface area contributed by atoms with E-state index in [-0.39, 0.29) is 5.69 Å². The molecule has 4 aliphatic carbocycles. The third-order valence-corrected chi connectivity index (χ3v) is 5.21. The molecule has 0 heterocycles. The highest BCUT2D eigenvalue weighted by Gasteiger charge is 2.46. The summed E-state index contributed by atoms with van der Waals surface area (Å²) in [5.74, 6) is 1.80. The van der Waals surface area contributed by atoms with Gasteiger partial charge in [0, 0.05) is 11.8 Å². The van der Waals surface area contributed by atoms with Crippen LogP contribution < -0.4 is 5.43 Å². The van der Waals surface area contributed by atoms with E-state index in [9.17, 15) is 8.78 Å². The fourth-order valence-electron chi connectivity index (χ4n) is 4.55. The van der Waals surface area contributed by atoms with Crippen molar-refractivity contribution >= 4 is 11.4 Å². The molecular weight excluding hydrogens is 258 g/mol. The zero-order valence-electron chi connectivity index (χ0n) is 11.3. The van der Waals surface area contributed by atoms with Crippen molar-refractivity contribution in [1.82, 2.24) is 0 Å². The SMILES string of the molecule is Fc1ccc(NN=C2C3CC4CC(C3)CC2C4)c(F)c1. The molecule has 5 rings (SSSR count). The number of anilines is 1. The van der Waals surface area contributed by atoms with Crippen molar-refractivity contribution in [2.24, 2.45) is 28.8 Å². The van der Waals surface area contributed by atoms with E-state index in [1.165, 1.54) is 49.9 Å². The lowest BCUT2D eigenvalue weighted by molar-refractivity contribution is 0.108. The van der Waals surface area contributed by atoms with E-state index in [1.807, 2.05) is 0 Å². The lowest BCUT2D eigenvalue weighted by Crippen LogP contribution is -2.45. The van der Waals surface area contributed by atoms with Gasteiger partial charge in [0.1, 0.15) is 5.82 Å². The molecule has 0 aliphatic heterocycles. The average molecular weight is 276 g/mol. The van der Waals surface area contributed by atoms with Gasteiger partial charge in [-0.15, -0.1) is 0 Å². The Balaban J connectivity index is 1.55. The van der Waals surface area contributed by atoms with Crippen LogP contribution in [0.5, 0.6) is 0 Å². The van der Waals surface area contributed by atoms with Crippen LogP contribution in [0.2, 0.25) is 0 Å². The monoisotopic (exact) mass is 276 g/mol. The van der Waals surface area contributed by atoms with Gasteiger partial charge in [-0.1, -0.05) is 0 Å². The summed E-state index contributed by atoms with van der Waals surface area (Å²) in [4.78, 5) is 0. The minimum atomic E-state index is -0.585.